The van der Waals surface area contributed by atoms with Crippen LogP contribution in [0, 0.1) is 0 Å². The van der Waals surface area contributed by atoms with Gasteiger partial charge >= 0.3 is 0 Å². The molecule has 0 amide bonds. The summed E-state index contributed by atoms with van der Waals surface area (Å²) in [6.45, 7) is 4.34. The first-order valence-electron chi connectivity index (χ1n) is 6.12. The van der Waals surface area contributed by atoms with Crippen LogP contribution >= 0.6 is 0 Å². The van der Waals surface area contributed by atoms with E-state index in [2.05, 4.69) is 43.1 Å². The minimum absolute atomic E-state index is 0.0649. The summed E-state index contributed by atoms with van der Waals surface area (Å²) in [5.74, 6) is 0. The molecule has 0 aliphatic heterocycles. The molecule has 0 saturated carbocycles. The van der Waals surface area contributed by atoms with Gasteiger partial charge in [0.1, 0.15) is 0 Å². The number of methoxy groups -OCH3 is 1. The van der Waals surface area contributed by atoms with Crippen molar-refractivity contribution < 1.29 is 4.74 Å². The van der Waals surface area contributed by atoms with Gasteiger partial charge in [-0.25, -0.2) is 0 Å². The van der Waals surface area contributed by atoms with Crippen LogP contribution in [0.3, 0.4) is 0 Å². The molecule has 1 aromatic carbocycles. The van der Waals surface area contributed by atoms with E-state index in [-0.39, 0.29) is 5.54 Å². The summed E-state index contributed by atoms with van der Waals surface area (Å²) in [7, 11) is 3.85. The summed E-state index contributed by atoms with van der Waals surface area (Å²) in [6, 6.07) is 10.4. The Morgan fingerprint density at radius 2 is 1.94 bits per heavy atom. The Bertz CT molecular complexity index is 309. The van der Waals surface area contributed by atoms with Gasteiger partial charge < -0.3 is 10.5 Å². The second kappa shape index (κ2) is 6.74. The van der Waals surface area contributed by atoms with Crippen LogP contribution in [0.2, 0.25) is 0 Å². The predicted octanol–water partition coefficient (Wildman–Crippen LogP) is 1.87. The van der Waals surface area contributed by atoms with Gasteiger partial charge in [0, 0.05) is 20.2 Å². The number of likely N-dealkylation sites (N-methyl/N-ethyl adjacent to an activating group) is 1. The van der Waals surface area contributed by atoms with E-state index in [1.165, 1.54) is 5.56 Å². The number of ether oxygens (including phenoxy) is 1. The van der Waals surface area contributed by atoms with Gasteiger partial charge in [-0.3, -0.25) is 4.90 Å². The van der Waals surface area contributed by atoms with Crippen LogP contribution in [-0.2, 0) is 11.3 Å². The number of hydrogen-bond acceptors (Lipinski definition) is 3. The van der Waals surface area contributed by atoms with Crippen LogP contribution in [0.25, 0.3) is 0 Å². The van der Waals surface area contributed by atoms with Crippen molar-refractivity contribution in [3.63, 3.8) is 0 Å². The zero-order chi connectivity index (χ0) is 12.7. The summed E-state index contributed by atoms with van der Waals surface area (Å²) in [4.78, 5) is 2.30. The van der Waals surface area contributed by atoms with E-state index in [1.54, 1.807) is 7.11 Å². The maximum atomic E-state index is 5.94. The number of hydrogen-bond donors (Lipinski definition) is 1. The molecule has 0 saturated heterocycles. The fraction of sp³-hybridized carbons (Fsp3) is 0.571. The van der Waals surface area contributed by atoms with Gasteiger partial charge in [-0.05, 0) is 19.0 Å². The van der Waals surface area contributed by atoms with E-state index < -0.39 is 0 Å². The summed E-state index contributed by atoms with van der Waals surface area (Å²) < 4.78 is 5.33. The zero-order valence-corrected chi connectivity index (χ0v) is 11.1. The molecule has 3 nitrogen and oxygen atoms in total. The van der Waals surface area contributed by atoms with Crippen LogP contribution in [0.5, 0.6) is 0 Å². The first-order chi connectivity index (χ1) is 8.18. The number of benzene rings is 1. The fourth-order valence-corrected chi connectivity index (χ4v) is 2.13. The second-order valence-electron chi connectivity index (χ2n) is 4.56. The highest BCUT2D eigenvalue weighted by Gasteiger charge is 2.31. The van der Waals surface area contributed by atoms with Crippen molar-refractivity contribution in [3.05, 3.63) is 35.9 Å². The van der Waals surface area contributed by atoms with E-state index >= 15 is 0 Å². The zero-order valence-electron chi connectivity index (χ0n) is 11.1. The maximum absolute atomic E-state index is 5.94. The average Bonchev–Trinajstić information content (AvgIpc) is 2.37. The van der Waals surface area contributed by atoms with E-state index in [0.717, 1.165) is 13.0 Å². The smallest absolute Gasteiger partial charge is 0.0658 e. The normalized spacial score (nSPS) is 14.9. The molecule has 1 unspecified atom stereocenters. The molecule has 0 bridgehead atoms. The number of nitrogens with two attached hydrogens (primary N) is 1. The summed E-state index contributed by atoms with van der Waals surface area (Å²) in [6.07, 6.45) is 0.987. The van der Waals surface area contributed by atoms with Gasteiger partial charge in [-0.2, -0.15) is 0 Å². The van der Waals surface area contributed by atoms with Gasteiger partial charge in [-0.1, -0.05) is 37.3 Å². The highest BCUT2D eigenvalue weighted by atomic mass is 16.5. The molecule has 17 heavy (non-hydrogen) atoms. The minimum atomic E-state index is -0.0649. The van der Waals surface area contributed by atoms with Crippen molar-refractivity contribution in [2.45, 2.75) is 25.4 Å². The predicted molar refractivity (Wildman–Crippen MR) is 71.9 cm³/mol. The average molecular weight is 236 g/mol. The molecule has 1 atom stereocenters. The third-order valence-corrected chi connectivity index (χ3v) is 3.52. The lowest BCUT2D eigenvalue weighted by Gasteiger charge is -2.40. The quantitative estimate of drug-likeness (QED) is 0.785. The highest BCUT2D eigenvalue weighted by molar-refractivity contribution is 5.15. The molecular weight excluding hydrogens is 212 g/mol. The van der Waals surface area contributed by atoms with Crippen molar-refractivity contribution in [1.29, 1.82) is 0 Å². The fourth-order valence-electron chi connectivity index (χ4n) is 2.13. The van der Waals surface area contributed by atoms with Gasteiger partial charge in [0.2, 0.25) is 0 Å². The van der Waals surface area contributed by atoms with E-state index in [9.17, 15) is 0 Å². The molecule has 0 spiro atoms. The lowest BCUT2D eigenvalue weighted by molar-refractivity contribution is 0.0234. The Labute approximate surface area is 105 Å². The third kappa shape index (κ3) is 3.53. The molecule has 1 rings (SSSR count). The van der Waals surface area contributed by atoms with Crippen molar-refractivity contribution in [2.75, 3.05) is 27.3 Å². The number of nitrogens with zero attached hydrogens (tertiary/aromatic N) is 1. The van der Waals surface area contributed by atoms with Crippen molar-refractivity contribution in [1.82, 2.24) is 4.90 Å². The standard InChI is InChI=1S/C14H24N2O/c1-4-14(11-15,12-17-3)16(2)10-13-8-6-5-7-9-13/h5-9H,4,10-12,15H2,1-3H3. The summed E-state index contributed by atoms with van der Waals surface area (Å²) in [5, 5.41) is 0. The van der Waals surface area contributed by atoms with Crippen LogP contribution in [0.1, 0.15) is 18.9 Å². The third-order valence-electron chi connectivity index (χ3n) is 3.52. The van der Waals surface area contributed by atoms with Crippen LogP contribution in [-0.4, -0.2) is 37.7 Å². The van der Waals surface area contributed by atoms with E-state index in [4.69, 9.17) is 10.5 Å². The first-order valence-corrected chi connectivity index (χ1v) is 6.12. The monoisotopic (exact) mass is 236 g/mol. The Hall–Kier alpha value is -0.900. The molecule has 3 heteroatoms. The Kier molecular flexibility index (Phi) is 5.62. The minimum Gasteiger partial charge on any atom is -0.383 e. The Balaban J connectivity index is 2.75. The molecule has 0 radical (unpaired) electrons. The van der Waals surface area contributed by atoms with Crippen LogP contribution in [0.4, 0.5) is 0 Å². The number of rotatable bonds is 7. The van der Waals surface area contributed by atoms with Crippen molar-refractivity contribution in [2.24, 2.45) is 5.73 Å². The molecule has 0 aliphatic rings. The molecule has 0 aromatic heterocycles. The highest BCUT2D eigenvalue weighted by Crippen LogP contribution is 2.20. The molecular formula is C14H24N2O. The van der Waals surface area contributed by atoms with E-state index in [0.29, 0.717) is 13.2 Å². The van der Waals surface area contributed by atoms with Gasteiger partial charge in [0.05, 0.1) is 12.1 Å². The lowest BCUT2D eigenvalue weighted by Crippen LogP contribution is -2.54. The second-order valence-corrected chi connectivity index (χ2v) is 4.56. The van der Waals surface area contributed by atoms with Crippen LogP contribution in [0.15, 0.2) is 30.3 Å². The van der Waals surface area contributed by atoms with Crippen LogP contribution < -0.4 is 5.73 Å². The molecule has 0 heterocycles. The lowest BCUT2D eigenvalue weighted by atomic mass is 9.94. The van der Waals surface area contributed by atoms with Crippen molar-refractivity contribution in [3.8, 4) is 0 Å². The Morgan fingerprint density at radius 1 is 1.29 bits per heavy atom. The molecule has 0 fully saturated rings. The van der Waals surface area contributed by atoms with Gasteiger partial charge in [0.15, 0.2) is 0 Å². The topological polar surface area (TPSA) is 38.5 Å². The molecule has 2 N–H and O–H groups in total. The summed E-state index contributed by atoms with van der Waals surface area (Å²) in [5.41, 5.74) is 7.18. The largest absolute Gasteiger partial charge is 0.383 e. The van der Waals surface area contributed by atoms with Crippen molar-refractivity contribution >= 4 is 0 Å². The molecule has 96 valence electrons. The van der Waals surface area contributed by atoms with Gasteiger partial charge in [-0.15, -0.1) is 0 Å². The molecule has 1 aromatic rings. The SMILES string of the molecule is CCC(CN)(COC)N(C)Cc1ccccc1. The maximum Gasteiger partial charge on any atom is 0.0658 e. The Morgan fingerprint density at radius 3 is 2.41 bits per heavy atom. The van der Waals surface area contributed by atoms with Gasteiger partial charge in [0.25, 0.3) is 0 Å². The first kappa shape index (κ1) is 14.2. The molecule has 0 aliphatic carbocycles. The van der Waals surface area contributed by atoms with E-state index in [1.807, 2.05) is 6.07 Å². The summed E-state index contributed by atoms with van der Waals surface area (Å²) >= 11 is 0.